The van der Waals surface area contributed by atoms with Crippen LogP contribution in [-0.4, -0.2) is 19.7 Å². The Morgan fingerprint density at radius 3 is 2.86 bits per heavy atom. The molecule has 21 heavy (non-hydrogen) atoms. The molecule has 0 N–H and O–H groups in total. The Bertz CT molecular complexity index is 554. The fourth-order valence-corrected chi connectivity index (χ4v) is 3.38. The zero-order valence-corrected chi connectivity index (χ0v) is 12.6. The highest BCUT2D eigenvalue weighted by molar-refractivity contribution is 5.92. The van der Waals surface area contributed by atoms with Gasteiger partial charge in [0.15, 0.2) is 0 Å². The number of hydrogen-bond donors (Lipinski definition) is 0. The maximum Gasteiger partial charge on any atom is 0.330 e. The van der Waals surface area contributed by atoms with E-state index in [1.54, 1.807) is 6.08 Å². The molecule has 0 saturated heterocycles. The van der Waals surface area contributed by atoms with Gasteiger partial charge in [-0.3, -0.25) is 0 Å². The highest BCUT2D eigenvalue weighted by atomic mass is 16.5. The van der Waals surface area contributed by atoms with Crippen molar-refractivity contribution in [2.45, 2.75) is 38.5 Å². The van der Waals surface area contributed by atoms with Gasteiger partial charge >= 0.3 is 5.97 Å². The molecular weight excluding hydrogens is 264 g/mol. The summed E-state index contributed by atoms with van der Waals surface area (Å²) >= 11 is 0. The van der Waals surface area contributed by atoms with Gasteiger partial charge in [-0.05, 0) is 41.5 Å². The molecule has 3 heteroatoms. The Hall–Kier alpha value is -1.77. The third-order valence-corrected chi connectivity index (χ3v) is 4.55. The Labute approximate surface area is 125 Å². The van der Waals surface area contributed by atoms with Crippen LogP contribution in [-0.2, 0) is 16.0 Å². The molecule has 112 valence electrons. The number of carbonyl (C=O) groups excluding carboxylic acids is 1. The first kappa shape index (κ1) is 14.2. The molecule has 3 rings (SSSR count). The van der Waals surface area contributed by atoms with Gasteiger partial charge < -0.3 is 9.47 Å². The van der Waals surface area contributed by atoms with Gasteiger partial charge in [0.05, 0.1) is 13.7 Å². The summed E-state index contributed by atoms with van der Waals surface area (Å²) in [6.07, 6.45) is 8.74. The largest absolute Gasteiger partial charge is 0.493 e. The normalized spacial score (nSPS) is 19.0. The van der Waals surface area contributed by atoms with Crippen molar-refractivity contribution in [3.63, 3.8) is 0 Å². The molecule has 1 aromatic rings. The molecule has 1 aliphatic heterocycles. The summed E-state index contributed by atoms with van der Waals surface area (Å²) in [6.45, 7) is 0.762. The van der Waals surface area contributed by atoms with Crippen LogP contribution in [0.15, 0.2) is 24.3 Å². The highest BCUT2D eigenvalue weighted by Crippen LogP contribution is 2.38. The van der Waals surface area contributed by atoms with Crippen molar-refractivity contribution in [1.82, 2.24) is 0 Å². The van der Waals surface area contributed by atoms with E-state index in [4.69, 9.17) is 9.47 Å². The number of rotatable bonds is 3. The molecule has 2 aliphatic rings. The summed E-state index contributed by atoms with van der Waals surface area (Å²) in [5, 5.41) is 0. The molecule has 1 fully saturated rings. The minimum atomic E-state index is -0.267. The fraction of sp³-hybridized carbons (Fsp3) is 0.500. The molecule has 1 heterocycles. The van der Waals surface area contributed by atoms with Gasteiger partial charge in [-0.25, -0.2) is 4.79 Å². The average molecular weight is 286 g/mol. The predicted octanol–water partition coefficient (Wildman–Crippen LogP) is 3.76. The van der Waals surface area contributed by atoms with Crippen molar-refractivity contribution in [1.29, 1.82) is 0 Å². The SMILES string of the molecule is COC(=O)/C=C(\c1ccc2c(c1)OCC2)C1CCCCC1. The number of fused-ring (bicyclic) bond motifs is 1. The van der Waals surface area contributed by atoms with Crippen LogP contribution < -0.4 is 4.74 Å². The molecule has 1 saturated carbocycles. The third kappa shape index (κ3) is 3.12. The quantitative estimate of drug-likeness (QED) is 0.627. The van der Waals surface area contributed by atoms with Crippen LogP contribution >= 0.6 is 0 Å². The van der Waals surface area contributed by atoms with Gasteiger partial charge in [-0.15, -0.1) is 0 Å². The molecule has 0 unspecified atom stereocenters. The predicted molar refractivity (Wildman–Crippen MR) is 82.2 cm³/mol. The van der Waals surface area contributed by atoms with Crippen molar-refractivity contribution in [3.8, 4) is 5.75 Å². The number of benzene rings is 1. The van der Waals surface area contributed by atoms with E-state index >= 15 is 0 Å². The second-order valence-corrected chi connectivity index (χ2v) is 5.88. The number of methoxy groups -OCH3 is 1. The molecule has 0 atom stereocenters. The van der Waals surface area contributed by atoms with Crippen LogP contribution in [0.1, 0.15) is 43.2 Å². The molecule has 1 aromatic carbocycles. The van der Waals surface area contributed by atoms with Crippen molar-refractivity contribution in [2.75, 3.05) is 13.7 Å². The van der Waals surface area contributed by atoms with Crippen molar-refractivity contribution in [2.24, 2.45) is 5.92 Å². The van der Waals surface area contributed by atoms with Gasteiger partial charge in [0, 0.05) is 12.5 Å². The summed E-state index contributed by atoms with van der Waals surface area (Å²) in [7, 11) is 1.43. The Balaban J connectivity index is 1.94. The number of ether oxygens (including phenoxy) is 2. The van der Waals surface area contributed by atoms with Crippen molar-refractivity contribution < 1.29 is 14.3 Å². The van der Waals surface area contributed by atoms with Crippen LogP contribution in [0.3, 0.4) is 0 Å². The monoisotopic (exact) mass is 286 g/mol. The Morgan fingerprint density at radius 1 is 1.29 bits per heavy atom. The van der Waals surface area contributed by atoms with Gasteiger partial charge in [0.1, 0.15) is 5.75 Å². The van der Waals surface area contributed by atoms with Gasteiger partial charge in [-0.2, -0.15) is 0 Å². The molecule has 3 nitrogen and oxygen atoms in total. The van der Waals surface area contributed by atoms with E-state index in [2.05, 4.69) is 18.2 Å². The number of hydrogen-bond acceptors (Lipinski definition) is 3. The van der Waals surface area contributed by atoms with E-state index in [1.807, 2.05) is 0 Å². The molecule has 0 spiro atoms. The first-order valence-corrected chi connectivity index (χ1v) is 7.83. The van der Waals surface area contributed by atoms with Gasteiger partial charge in [-0.1, -0.05) is 31.4 Å². The standard InChI is InChI=1S/C18H22O3/c1-20-18(19)12-16(13-5-3-2-4-6-13)15-8-7-14-9-10-21-17(14)11-15/h7-8,11-13H,2-6,9-10H2,1H3/b16-12-. The zero-order valence-electron chi connectivity index (χ0n) is 12.6. The van der Waals surface area contributed by atoms with E-state index < -0.39 is 0 Å². The topological polar surface area (TPSA) is 35.5 Å². The summed E-state index contributed by atoms with van der Waals surface area (Å²) in [6, 6.07) is 6.34. The summed E-state index contributed by atoms with van der Waals surface area (Å²) < 4.78 is 10.5. The minimum absolute atomic E-state index is 0.267. The molecule has 0 radical (unpaired) electrons. The van der Waals surface area contributed by atoms with Crippen LogP contribution in [0, 0.1) is 5.92 Å². The maximum atomic E-state index is 11.7. The van der Waals surface area contributed by atoms with Crippen LogP contribution in [0.4, 0.5) is 0 Å². The van der Waals surface area contributed by atoms with E-state index in [0.29, 0.717) is 5.92 Å². The smallest absolute Gasteiger partial charge is 0.330 e. The van der Waals surface area contributed by atoms with E-state index in [-0.39, 0.29) is 5.97 Å². The lowest BCUT2D eigenvalue weighted by atomic mass is 9.80. The average Bonchev–Trinajstić information content (AvgIpc) is 3.00. The lowest BCUT2D eigenvalue weighted by molar-refractivity contribution is -0.134. The minimum Gasteiger partial charge on any atom is -0.493 e. The van der Waals surface area contributed by atoms with E-state index in [1.165, 1.54) is 31.9 Å². The Kier molecular flexibility index (Phi) is 4.28. The second kappa shape index (κ2) is 6.33. The third-order valence-electron chi connectivity index (χ3n) is 4.55. The van der Waals surface area contributed by atoms with Gasteiger partial charge in [0.25, 0.3) is 0 Å². The van der Waals surface area contributed by atoms with Crippen LogP contribution in [0.2, 0.25) is 0 Å². The Morgan fingerprint density at radius 2 is 2.10 bits per heavy atom. The van der Waals surface area contributed by atoms with Gasteiger partial charge in [0.2, 0.25) is 0 Å². The number of allylic oxidation sites excluding steroid dienone is 1. The highest BCUT2D eigenvalue weighted by Gasteiger charge is 2.22. The van der Waals surface area contributed by atoms with Crippen LogP contribution in [0.25, 0.3) is 5.57 Å². The number of carbonyl (C=O) groups is 1. The summed E-state index contributed by atoms with van der Waals surface area (Å²) in [5.41, 5.74) is 3.48. The lowest BCUT2D eigenvalue weighted by Crippen LogP contribution is -2.11. The first-order valence-electron chi connectivity index (χ1n) is 7.83. The van der Waals surface area contributed by atoms with Crippen molar-refractivity contribution >= 4 is 11.5 Å². The summed E-state index contributed by atoms with van der Waals surface area (Å²) in [5.74, 6) is 1.16. The fourth-order valence-electron chi connectivity index (χ4n) is 3.38. The molecular formula is C18H22O3. The first-order chi connectivity index (χ1) is 10.3. The van der Waals surface area contributed by atoms with Crippen molar-refractivity contribution in [3.05, 3.63) is 35.4 Å². The summed E-state index contributed by atoms with van der Waals surface area (Å²) in [4.78, 5) is 11.7. The second-order valence-electron chi connectivity index (χ2n) is 5.88. The van der Waals surface area contributed by atoms with Crippen LogP contribution in [0.5, 0.6) is 5.75 Å². The molecule has 0 aromatic heterocycles. The molecule has 0 amide bonds. The number of esters is 1. The van der Waals surface area contributed by atoms with E-state index in [0.717, 1.165) is 42.8 Å². The lowest BCUT2D eigenvalue weighted by Gasteiger charge is -2.25. The van der Waals surface area contributed by atoms with E-state index in [9.17, 15) is 4.79 Å². The molecule has 0 bridgehead atoms. The molecule has 1 aliphatic carbocycles. The zero-order chi connectivity index (χ0) is 14.7. The maximum absolute atomic E-state index is 11.7.